The minimum Gasteiger partial charge on any atom is -0.380 e. The minimum atomic E-state index is -3.44. The van der Waals surface area contributed by atoms with E-state index in [4.69, 9.17) is 0 Å². The van der Waals surface area contributed by atoms with Gasteiger partial charge in [-0.3, -0.25) is 4.72 Å². The molecule has 0 spiro atoms. The van der Waals surface area contributed by atoms with E-state index in [1.165, 1.54) is 11.1 Å². The van der Waals surface area contributed by atoms with E-state index in [-0.39, 0.29) is 5.75 Å². The van der Waals surface area contributed by atoms with Crippen LogP contribution in [0.4, 0.5) is 11.5 Å². The Balaban J connectivity index is 1.53. The number of nitrogens with zero attached hydrogens (tertiary/aromatic N) is 1. The van der Waals surface area contributed by atoms with Crippen molar-refractivity contribution in [1.82, 2.24) is 4.98 Å². The summed E-state index contributed by atoms with van der Waals surface area (Å²) in [5.41, 5.74) is 4.23. The predicted molar refractivity (Wildman–Crippen MR) is 110 cm³/mol. The Morgan fingerprint density at radius 1 is 0.926 bits per heavy atom. The fourth-order valence-corrected chi connectivity index (χ4v) is 3.74. The SMILES string of the molecule is Cc1cccc(CNc2ccc(NS(=O)(=O)CCc3ccccc3)nc2)c1. The van der Waals surface area contributed by atoms with Gasteiger partial charge in [-0.2, -0.15) is 0 Å². The van der Waals surface area contributed by atoms with Gasteiger partial charge in [-0.15, -0.1) is 0 Å². The average molecular weight is 382 g/mol. The van der Waals surface area contributed by atoms with Crippen molar-refractivity contribution in [3.05, 3.63) is 89.6 Å². The van der Waals surface area contributed by atoms with Crippen LogP contribution in [0.5, 0.6) is 0 Å². The van der Waals surface area contributed by atoms with Crippen LogP contribution in [-0.2, 0) is 23.0 Å². The number of nitrogens with one attached hydrogen (secondary N) is 2. The molecule has 0 atom stereocenters. The number of aryl methyl sites for hydroxylation is 2. The molecule has 0 amide bonds. The zero-order chi connectivity index (χ0) is 19.1. The number of rotatable bonds is 8. The molecule has 0 aliphatic carbocycles. The highest BCUT2D eigenvalue weighted by Gasteiger charge is 2.11. The van der Waals surface area contributed by atoms with Gasteiger partial charge in [0.15, 0.2) is 0 Å². The third kappa shape index (κ3) is 6.11. The van der Waals surface area contributed by atoms with Crippen molar-refractivity contribution in [2.75, 3.05) is 15.8 Å². The lowest BCUT2D eigenvalue weighted by molar-refractivity contribution is 0.600. The van der Waals surface area contributed by atoms with Crippen molar-refractivity contribution in [3.63, 3.8) is 0 Å². The zero-order valence-corrected chi connectivity index (χ0v) is 16.0. The fourth-order valence-electron chi connectivity index (χ4n) is 2.69. The molecular weight excluding hydrogens is 358 g/mol. The summed E-state index contributed by atoms with van der Waals surface area (Å²) < 4.78 is 27.0. The lowest BCUT2D eigenvalue weighted by Gasteiger charge is -2.10. The monoisotopic (exact) mass is 381 g/mol. The van der Waals surface area contributed by atoms with Crippen molar-refractivity contribution >= 4 is 21.5 Å². The normalized spacial score (nSPS) is 11.1. The van der Waals surface area contributed by atoms with Crippen LogP contribution in [0.1, 0.15) is 16.7 Å². The summed E-state index contributed by atoms with van der Waals surface area (Å²) in [6.07, 6.45) is 2.09. The Morgan fingerprint density at radius 2 is 1.70 bits per heavy atom. The number of benzene rings is 2. The molecule has 0 aliphatic rings. The first kappa shape index (κ1) is 18.9. The van der Waals surface area contributed by atoms with Gasteiger partial charge >= 0.3 is 0 Å². The lowest BCUT2D eigenvalue weighted by Crippen LogP contribution is -2.18. The van der Waals surface area contributed by atoms with Gasteiger partial charge in [0.25, 0.3) is 0 Å². The van der Waals surface area contributed by atoms with Gasteiger partial charge in [-0.05, 0) is 36.6 Å². The van der Waals surface area contributed by atoms with Crippen LogP contribution < -0.4 is 10.0 Å². The highest BCUT2D eigenvalue weighted by Crippen LogP contribution is 2.13. The smallest absolute Gasteiger partial charge is 0.234 e. The average Bonchev–Trinajstić information content (AvgIpc) is 2.67. The molecule has 0 saturated carbocycles. The molecule has 5 nitrogen and oxygen atoms in total. The van der Waals surface area contributed by atoms with E-state index in [0.29, 0.717) is 18.8 Å². The second-order valence-electron chi connectivity index (χ2n) is 6.43. The first-order valence-corrected chi connectivity index (χ1v) is 10.5. The molecule has 1 heterocycles. The molecule has 0 radical (unpaired) electrons. The molecule has 0 unspecified atom stereocenters. The summed E-state index contributed by atoms with van der Waals surface area (Å²) in [5.74, 6) is 0.343. The number of hydrogen-bond acceptors (Lipinski definition) is 4. The van der Waals surface area contributed by atoms with Crippen LogP contribution in [0.15, 0.2) is 72.9 Å². The minimum absolute atomic E-state index is 0.0199. The van der Waals surface area contributed by atoms with Gasteiger partial charge in [0.05, 0.1) is 17.6 Å². The predicted octanol–water partition coefficient (Wildman–Crippen LogP) is 3.99. The molecule has 0 aliphatic heterocycles. The number of pyridine rings is 1. The second-order valence-corrected chi connectivity index (χ2v) is 8.27. The van der Waals surface area contributed by atoms with Crippen molar-refractivity contribution in [2.45, 2.75) is 19.9 Å². The van der Waals surface area contributed by atoms with Crippen molar-refractivity contribution in [3.8, 4) is 0 Å². The molecule has 140 valence electrons. The molecule has 0 fully saturated rings. The van der Waals surface area contributed by atoms with E-state index in [1.54, 1.807) is 12.3 Å². The summed E-state index contributed by atoms with van der Waals surface area (Å²) in [6.45, 7) is 2.75. The first-order chi connectivity index (χ1) is 13.0. The maximum absolute atomic E-state index is 12.2. The van der Waals surface area contributed by atoms with Gasteiger partial charge in [0, 0.05) is 6.54 Å². The highest BCUT2D eigenvalue weighted by molar-refractivity contribution is 7.92. The summed E-state index contributed by atoms with van der Waals surface area (Å²) in [4.78, 5) is 4.20. The Kier molecular flexibility index (Phi) is 6.08. The third-order valence-corrected chi connectivity index (χ3v) is 5.37. The Morgan fingerprint density at radius 3 is 2.41 bits per heavy atom. The van der Waals surface area contributed by atoms with Gasteiger partial charge in [0.1, 0.15) is 5.82 Å². The van der Waals surface area contributed by atoms with E-state index in [0.717, 1.165) is 11.3 Å². The molecule has 27 heavy (non-hydrogen) atoms. The van der Waals surface area contributed by atoms with Gasteiger partial charge < -0.3 is 5.32 Å². The molecule has 3 rings (SSSR count). The van der Waals surface area contributed by atoms with Crippen LogP contribution in [-0.4, -0.2) is 19.2 Å². The molecule has 0 saturated heterocycles. The van der Waals surface area contributed by atoms with E-state index >= 15 is 0 Å². The fraction of sp³-hybridized carbons (Fsp3) is 0.190. The van der Waals surface area contributed by atoms with E-state index in [9.17, 15) is 8.42 Å². The zero-order valence-electron chi connectivity index (χ0n) is 15.2. The Bertz CT molecular complexity index is 972. The Labute approximate surface area is 160 Å². The highest BCUT2D eigenvalue weighted by atomic mass is 32.2. The van der Waals surface area contributed by atoms with Crippen LogP contribution in [0.3, 0.4) is 0 Å². The lowest BCUT2D eigenvalue weighted by atomic mass is 10.1. The maximum atomic E-state index is 12.2. The first-order valence-electron chi connectivity index (χ1n) is 8.80. The molecule has 1 aromatic heterocycles. The summed E-state index contributed by atoms with van der Waals surface area (Å²) in [6, 6.07) is 21.3. The quantitative estimate of drug-likeness (QED) is 0.619. The summed E-state index contributed by atoms with van der Waals surface area (Å²) >= 11 is 0. The summed E-state index contributed by atoms with van der Waals surface area (Å²) in [5, 5.41) is 3.29. The molecular formula is C21H23N3O2S. The van der Waals surface area contributed by atoms with Crippen molar-refractivity contribution < 1.29 is 8.42 Å². The van der Waals surface area contributed by atoms with Gasteiger partial charge in [-0.25, -0.2) is 13.4 Å². The van der Waals surface area contributed by atoms with E-state index < -0.39 is 10.0 Å². The maximum Gasteiger partial charge on any atom is 0.234 e. The van der Waals surface area contributed by atoms with Crippen molar-refractivity contribution in [2.24, 2.45) is 0 Å². The van der Waals surface area contributed by atoms with Crippen molar-refractivity contribution in [1.29, 1.82) is 0 Å². The van der Waals surface area contributed by atoms with Crippen LogP contribution in [0.2, 0.25) is 0 Å². The molecule has 0 bridgehead atoms. The number of sulfonamides is 1. The third-order valence-electron chi connectivity index (χ3n) is 4.10. The molecule has 3 aromatic rings. The number of hydrogen-bond donors (Lipinski definition) is 2. The molecule has 2 aromatic carbocycles. The second kappa shape index (κ2) is 8.68. The van der Waals surface area contributed by atoms with Gasteiger partial charge in [0.2, 0.25) is 10.0 Å². The standard InChI is InChI=1S/C21H23N3O2S/c1-17-6-5-9-19(14-17)15-22-20-10-11-21(23-16-20)24-27(25,26)13-12-18-7-3-2-4-8-18/h2-11,14,16,22H,12-13,15H2,1H3,(H,23,24). The van der Waals surface area contributed by atoms with Crippen LogP contribution >= 0.6 is 0 Å². The molecule has 6 heteroatoms. The topological polar surface area (TPSA) is 71.1 Å². The number of anilines is 2. The van der Waals surface area contributed by atoms with E-state index in [2.05, 4.69) is 40.1 Å². The van der Waals surface area contributed by atoms with E-state index in [1.807, 2.05) is 42.5 Å². The number of aromatic nitrogens is 1. The molecule has 2 N–H and O–H groups in total. The van der Waals surface area contributed by atoms with Crippen LogP contribution in [0, 0.1) is 6.92 Å². The van der Waals surface area contributed by atoms with Gasteiger partial charge in [-0.1, -0.05) is 60.2 Å². The Hall–Kier alpha value is -2.86. The summed E-state index contributed by atoms with van der Waals surface area (Å²) in [7, 11) is -3.44. The van der Waals surface area contributed by atoms with Crippen LogP contribution in [0.25, 0.3) is 0 Å². The largest absolute Gasteiger partial charge is 0.380 e.